The summed E-state index contributed by atoms with van der Waals surface area (Å²) in [4.78, 5) is 29.1. The smallest absolute Gasteiger partial charge is 0.238 e. The molecule has 0 radical (unpaired) electrons. The summed E-state index contributed by atoms with van der Waals surface area (Å²) < 4.78 is 5.26. The number of nitrogens with zero attached hydrogens (tertiary/aromatic N) is 2. The summed E-state index contributed by atoms with van der Waals surface area (Å²) in [6, 6.07) is 7.79. The monoisotopic (exact) mass is 410 g/mol. The molecule has 2 fully saturated rings. The summed E-state index contributed by atoms with van der Waals surface area (Å²) in [5, 5.41) is 6.30. The first kappa shape index (κ1) is 22.5. The van der Waals surface area contributed by atoms with Crippen LogP contribution in [0.1, 0.15) is 19.8 Å². The lowest BCUT2D eigenvalue weighted by molar-refractivity contribution is -0.138. The number of nitrogens with one attached hydrogen (secondary N) is 2. The Morgan fingerprint density at radius 2 is 1.93 bits per heavy atom. The van der Waals surface area contributed by atoms with Crippen LogP contribution in [0.5, 0.6) is 5.75 Å². The molecule has 156 valence electrons. The molecule has 2 aliphatic heterocycles. The topological polar surface area (TPSA) is 73.9 Å². The van der Waals surface area contributed by atoms with E-state index in [2.05, 4.69) is 22.5 Å². The van der Waals surface area contributed by atoms with Crippen LogP contribution in [-0.4, -0.2) is 74.0 Å². The Kier molecular flexibility index (Phi) is 8.54. The minimum absolute atomic E-state index is 0. The normalized spacial score (nSPS) is 22.9. The zero-order valence-electron chi connectivity index (χ0n) is 16.6. The molecule has 0 saturated carbocycles. The van der Waals surface area contributed by atoms with Crippen LogP contribution in [0.15, 0.2) is 24.3 Å². The molecule has 2 atom stereocenters. The lowest BCUT2D eigenvalue weighted by Crippen LogP contribution is -2.53. The Bertz CT molecular complexity index is 665. The van der Waals surface area contributed by atoms with Crippen molar-refractivity contribution >= 4 is 29.9 Å². The second-order valence-electron chi connectivity index (χ2n) is 7.43. The predicted molar refractivity (Wildman–Crippen MR) is 112 cm³/mol. The van der Waals surface area contributed by atoms with E-state index >= 15 is 0 Å². The number of hydrogen-bond donors (Lipinski definition) is 2. The van der Waals surface area contributed by atoms with E-state index in [0.717, 1.165) is 32.5 Å². The highest BCUT2D eigenvalue weighted by molar-refractivity contribution is 5.93. The number of hydrogen-bond acceptors (Lipinski definition) is 5. The Morgan fingerprint density at radius 3 is 2.61 bits per heavy atom. The van der Waals surface area contributed by atoms with Gasteiger partial charge in [-0.05, 0) is 38.4 Å². The summed E-state index contributed by atoms with van der Waals surface area (Å²) in [6.07, 6.45) is 1.84. The van der Waals surface area contributed by atoms with Crippen molar-refractivity contribution in [2.75, 3.05) is 51.7 Å². The van der Waals surface area contributed by atoms with Crippen molar-refractivity contribution in [3.8, 4) is 5.75 Å². The minimum atomic E-state index is -0.0635. The molecule has 0 aliphatic carbocycles. The number of piperidine rings is 1. The molecule has 0 aromatic heterocycles. The van der Waals surface area contributed by atoms with Crippen molar-refractivity contribution in [2.45, 2.75) is 25.8 Å². The van der Waals surface area contributed by atoms with Gasteiger partial charge in [0.15, 0.2) is 0 Å². The van der Waals surface area contributed by atoms with Crippen LogP contribution in [0.3, 0.4) is 0 Å². The molecule has 2 amide bonds. The quantitative estimate of drug-likeness (QED) is 0.771. The number of rotatable bonds is 5. The Labute approximate surface area is 173 Å². The number of amides is 2. The van der Waals surface area contributed by atoms with E-state index in [1.807, 2.05) is 29.2 Å². The van der Waals surface area contributed by atoms with Gasteiger partial charge in [0, 0.05) is 38.1 Å². The van der Waals surface area contributed by atoms with Crippen LogP contribution in [-0.2, 0) is 9.59 Å². The van der Waals surface area contributed by atoms with Crippen LogP contribution in [0, 0.1) is 5.92 Å². The third-order valence-corrected chi connectivity index (χ3v) is 5.41. The summed E-state index contributed by atoms with van der Waals surface area (Å²) in [7, 11) is 1.59. The van der Waals surface area contributed by atoms with E-state index in [0.29, 0.717) is 37.1 Å². The lowest BCUT2D eigenvalue weighted by Gasteiger charge is -2.37. The van der Waals surface area contributed by atoms with Crippen LogP contribution >= 0.6 is 12.4 Å². The molecule has 28 heavy (non-hydrogen) atoms. The second kappa shape index (κ2) is 10.6. The molecule has 8 heteroatoms. The standard InChI is InChI=1S/C20H30N4O3.ClH/c1-15-13-16(7-8-21-15)20(26)24-11-9-23(10-12-24)14-19(25)22-17-5-3-4-6-18(17)27-2;/h3-6,15-16,21H,7-14H2,1-2H3,(H,22,25);1H/t15-,16-;/m0./s1. The highest BCUT2D eigenvalue weighted by Crippen LogP contribution is 2.23. The molecule has 2 heterocycles. The maximum Gasteiger partial charge on any atom is 0.238 e. The lowest BCUT2D eigenvalue weighted by atomic mass is 9.92. The number of piperazine rings is 1. The Morgan fingerprint density at radius 1 is 1.21 bits per heavy atom. The first-order valence-electron chi connectivity index (χ1n) is 9.74. The van der Waals surface area contributed by atoms with Gasteiger partial charge < -0.3 is 20.3 Å². The number of para-hydroxylation sites is 2. The number of ether oxygens (including phenoxy) is 1. The third kappa shape index (κ3) is 5.83. The van der Waals surface area contributed by atoms with Crippen molar-refractivity contribution in [1.82, 2.24) is 15.1 Å². The number of carbonyl (C=O) groups excluding carboxylic acids is 2. The van der Waals surface area contributed by atoms with E-state index < -0.39 is 0 Å². The number of halogens is 1. The van der Waals surface area contributed by atoms with Gasteiger partial charge in [-0.15, -0.1) is 12.4 Å². The van der Waals surface area contributed by atoms with Gasteiger partial charge >= 0.3 is 0 Å². The molecule has 0 bridgehead atoms. The second-order valence-corrected chi connectivity index (χ2v) is 7.43. The van der Waals surface area contributed by atoms with Crippen molar-refractivity contribution < 1.29 is 14.3 Å². The van der Waals surface area contributed by atoms with Crippen molar-refractivity contribution in [3.05, 3.63) is 24.3 Å². The molecule has 2 saturated heterocycles. The number of methoxy groups -OCH3 is 1. The SMILES string of the molecule is COc1ccccc1NC(=O)CN1CCN(C(=O)[C@H]2CCN[C@@H](C)C2)CC1.Cl. The first-order chi connectivity index (χ1) is 13.1. The fraction of sp³-hybridized carbons (Fsp3) is 0.600. The Balaban J connectivity index is 0.00000280. The van der Waals surface area contributed by atoms with Gasteiger partial charge in [0.25, 0.3) is 0 Å². The molecule has 0 spiro atoms. The molecule has 0 unspecified atom stereocenters. The van der Waals surface area contributed by atoms with Gasteiger partial charge in [-0.25, -0.2) is 0 Å². The summed E-state index contributed by atoms with van der Waals surface area (Å²) in [5.74, 6) is 1.01. The average Bonchev–Trinajstić information content (AvgIpc) is 2.68. The van der Waals surface area contributed by atoms with Crippen molar-refractivity contribution in [2.24, 2.45) is 5.92 Å². The van der Waals surface area contributed by atoms with Gasteiger partial charge in [-0.3, -0.25) is 14.5 Å². The molecule has 3 rings (SSSR count). The van der Waals surface area contributed by atoms with Gasteiger partial charge in [-0.1, -0.05) is 12.1 Å². The minimum Gasteiger partial charge on any atom is -0.495 e. The van der Waals surface area contributed by atoms with E-state index in [1.54, 1.807) is 7.11 Å². The highest BCUT2D eigenvalue weighted by Gasteiger charge is 2.30. The van der Waals surface area contributed by atoms with Crippen molar-refractivity contribution in [3.63, 3.8) is 0 Å². The maximum absolute atomic E-state index is 12.7. The molecular formula is C20H31ClN4O3. The highest BCUT2D eigenvalue weighted by atomic mass is 35.5. The Hall–Kier alpha value is -1.83. The number of anilines is 1. The third-order valence-electron chi connectivity index (χ3n) is 5.41. The van der Waals surface area contributed by atoms with Gasteiger partial charge in [-0.2, -0.15) is 0 Å². The summed E-state index contributed by atoms with van der Waals surface area (Å²) >= 11 is 0. The zero-order valence-corrected chi connectivity index (χ0v) is 17.5. The molecule has 2 N–H and O–H groups in total. The van der Waals surface area contributed by atoms with Gasteiger partial charge in [0.1, 0.15) is 5.75 Å². The van der Waals surface area contributed by atoms with E-state index in [4.69, 9.17) is 4.74 Å². The van der Waals surface area contributed by atoms with Gasteiger partial charge in [0.2, 0.25) is 11.8 Å². The van der Waals surface area contributed by atoms with E-state index in [-0.39, 0.29) is 30.1 Å². The van der Waals surface area contributed by atoms with Crippen LogP contribution in [0.25, 0.3) is 0 Å². The van der Waals surface area contributed by atoms with Crippen LogP contribution < -0.4 is 15.4 Å². The maximum atomic E-state index is 12.7. The van der Waals surface area contributed by atoms with Crippen LogP contribution in [0.4, 0.5) is 5.69 Å². The molecular weight excluding hydrogens is 380 g/mol. The first-order valence-corrected chi connectivity index (χ1v) is 9.74. The number of benzene rings is 1. The zero-order chi connectivity index (χ0) is 19.2. The van der Waals surface area contributed by atoms with Crippen LogP contribution in [0.2, 0.25) is 0 Å². The summed E-state index contributed by atoms with van der Waals surface area (Å²) in [5.41, 5.74) is 0.679. The van der Waals surface area contributed by atoms with Gasteiger partial charge in [0.05, 0.1) is 19.3 Å². The molecule has 1 aromatic rings. The summed E-state index contributed by atoms with van der Waals surface area (Å²) in [6.45, 7) is 6.22. The van der Waals surface area contributed by atoms with Crippen molar-refractivity contribution in [1.29, 1.82) is 0 Å². The molecule has 1 aromatic carbocycles. The van der Waals surface area contributed by atoms with E-state index in [1.165, 1.54) is 0 Å². The molecule has 7 nitrogen and oxygen atoms in total. The fourth-order valence-electron chi connectivity index (χ4n) is 3.88. The van der Waals surface area contributed by atoms with E-state index in [9.17, 15) is 9.59 Å². The number of carbonyl (C=O) groups is 2. The largest absolute Gasteiger partial charge is 0.495 e. The average molecular weight is 411 g/mol. The molecule has 2 aliphatic rings. The fourth-order valence-corrected chi connectivity index (χ4v) is 3.88. The predicted octanol–water partition coefficient (Wildman–Crippen LogP) is 1.59.